The molecule has 9 nitrogen and oxygen atoms in total. The third-order valence-corrected chi connectivity index (χ3v) is 4.85. The Morgan fingerprint density at radius 1 is 0.938 bits per heavy atom. The molecule has 0 spiro atoms. The molecule has 1 aliphatic heterocycles. The van der Waals surface area contributed by atoms with Crippen molar-refractivity contribution in [2.75, 3.05) is 11.7 Å². The largest absolute Gasteiger partial charge is 0.366 e. The van der Waals surface area contributed by atoms with E-state index in [1.165, 1.54) is 4.90 Å². The fraction of sp³-hybridized carbons (Fsp3) is 0.0909. The topological polar surface area (TPSA) is 125 Å². The number of urea groups is 1. The van der Waals surface area contributed by atoms with Crippen molar-refractivity contribution in [3.8, 4) is 11.1 Å². The maximum atomic E-state index is 13.0. The molecule has 0 atom stereocenters. The highest BCUT2D eigenvalue weighted by atomic mass is 19.1. The molecular formula is C22H18FN7O2. The summed E-state index contributed by atoms with van der Waals surface area (Å²) in [7, 11) is 0. The molecule has 3 amide bonds. The molecule has 0 radical (unpaired) electrons. The number of benzene rings is 3. The molecule has 0 aliphatic carbocycles. The predicted octanol–water partition coefficient (Wildman–Crippen LogP) is 5.06. The third-order valence-electron chi connectivity index (χ3n) is 4.85. The number of anilines is 2. The minimum absolute atomic E-state index is 0.391. The summed E-state index contributed by atoms with van der Waals surface area (Å²) >= 11 is 0. The van der Waals surface area contributed by atoms with E-state index in [4.69, 9.17) is 5.73 Å². The summed E-state index contributed by atoms with van der Waals surface area (Å²) in [5.41, 5.74) is 8.84. The van der Waals surface area contributed by atoms with Crippen molar-refractivity contribution in [1.29, 1.82) is 0 Å². The standard InChI is InChI=1S/C22H18FN7O2/c23-13-25-22(32)30(17-4-2-1-3-5-17)19-11-10-16(12-18(19)21-26-28-29-27-21)14-6-8-15(9-7-14)20(24)31/h1-12,21H,13H2,(H2,24,31)(H,25,32). The van der Waals surface area contributed by atoms with E-state index >= 15 is 0 Å². The average Bonchev–Trinajstić information content (AvgIpc) is 3.35. The Morgan fingerprint density at radius 2 is 1.59 bits per heavy atom. The fourth-order valence-corrected chi connectivity index (χ4v) is 3.34. The van der Waals surface area contributed by atoms with E-state index in [9.17, 15) is 14.0 Å². The molecule has 160 valence electrons. The van der Waals surface area contributed by atoms with Gasteiger partial charge in [-0.15, -0.1) is 10.2 Å². The van der Waals surface area contributed by atoms with Gasteiger partial charge < -0.3 is 11.1 Å². The van der Waals surface area contributed by atoms with Gasteiger partial charge in [0.2, 0.25) is 12.1 Å². The lowest BCUT2D eigenvalue weighted by Gasteiger charge is -2.26. The number of carbonyl (C=O) groups excluding carboxylic acids is 2. The summed E-state index contributed by atoms with van der Waals surface area (Å²) in [6.07, 6.45) is -0.765. The molecule has 0 unspecified atom stereocenters. The molecule has 1 heterocycles. The molecule has 0 saturated heterocycles. The van der Waals surface area contributed by atoms with Gasteiger partial charge in [0.05, 0.1) is 11.4 Å². The maximum Gasteiger partial charge on any atom is 0.328 e. The number of hydrogen-bond acceptors (Lipinski definition) is 6. The zero-order valence-corrected chi connectivity index (χ0v) is 16.7. The Balaban J connectivity index is 1.83. The molecule has 0 fully saturated rings. The molecule has 3 aromatic rings. The quantitative estimate of drug-likeness (QED) is 0.530. The van der Waals surface area contributed by atoms with Crippen LogP contribution in [0, 0.1) is 0 Å². The van der Waals surface area contributed by atoms with Crippen LogP contribution in [0.3, 0.4) is 0 Å². The first-order valence-corrected chi connectivity index (χ1v) is 9.61. The van der Waals surface area contributed by atoms with Gasteiger partial charge in [-0.2, -0.15) is 0 Å². The number of nitrogens with one attached hydrogen (secondary N) is 1. The van der Waals surface area contributed by atoms with Gasteiger partial charge in [0.25, 0.3) is 0 Å². The summed E-state index contributed by atoms with van der Waals surface area (Å²) in [5, 5.41) is 17.4. The Morgan fingerprint density at radius 3 is 2.22 bits per heavy atom. The Bertz CT molecular complexity index is 1180. The van der Waals surface area contributed by atoms with Crippen LogP contribution in [0.25, 0.3) is 11.1 Å². The van der Waals surface area contributed by atoms with Gasteiger partial charge in [-0.1, -0.05) is 36.4 Å². The first-order valence-electron chi connectivity index (χ1n) is 9.61. The highest BCUT2D eigenvalue weighted by molar-refractivity contribution is 6.00. The molecule has 3 N–H and O–H groups in total. The van der Waals surface area contributed by atoms with Crippen molar-refractivity contribution in [2.45, 2.75) is 6.17 Å². The van der Waals surface area contributed by atoms with Crippen LogP contribution in [-0.2, 0) is 0 Å². The summed E-state index contributed by atoms with van der Waals surface area (Å²) < 4.78 is 13.0. The predicted molar refractivity (Wildman–Crippen MR) is 116 cm³/mol. The van der Waals surface area contributed by atoms with E-state index < -0.39 is 24.9 Å². The van der Waals surface area contributed by atoms with Gasteiger partial charge in [-0.25, -0.2) is 9.18 Å². The zero-order chi connectivity index (χ0) is 22.5. The lowest BCUT2D eigenvalue weighted by molar-refractivity contribution is 0.1000. The summed E-state index contributed by atoms with van der Waals surface area (Å²) in [6, 6.07) is 20.3. The number of hydrogen-bond donors (Lipinski definition) is 2. The van der Waals surface area contributed by atoms with Crippen LogP contribution < -0.4 is 16.0 Å². The van der Waals surface area contributed by atoms with Gasteiger partial charge in [-0.05, 0) is 58.0 Å². The molecular weight excluding hydrogens is 413 g/mol. The lowest BCUT2D eigenvalue weighted by Crippen LogP contribution is -2.37. The van der Waals surface area contributed by atoms with Crippen LogP contribution in [-0.4, -0.2) is 18.7 Å². The van der Waals surface area contributed by atoms with Crippen LogP contribution in [0.5, 0.6) is 0 Å². The average molecular weight is 431 g/mol. The van der Waals surface area contributed by atoms with E-state index in [1.54, 1.807) is 66.7 Å². The zero-order valence-electron chi connectivity index (χ0n) is 16.7. The van der Waals surface area contributed by atoms with Crippen molar-refractivity contribution < 1.29 is 14.0 Å². The molecule has 4 rings (SSSR count). The van der Waals surface area contributed by atoms with Crippen LogP contribution in [0.15, 0.2) is 93.5 Å². The third kappa shape index (κ3) is 4.19. The maximum absolute atomic E-state index is 13.0. The Kier molecular flexibility index (Phi) is 5.93. The number of amides is 3. The van der Waals surface area contributed by atoms with Gasteiger partial charge >= 0.3 is 6.03 Å². The van der Waals surface area contributed by atoms with E-state index in [1.807, 2.05) is 6.07 Å². The highest BCUT2D eigenvalue weighted by Crippen LogP contribution is 2.38. The first-order chi connectivity index (χ1) is 15.6. The van der Waals surface area contributed by atoms with Gasteiger partial charge in [0.15, 0.2) is 6.80 Å². The van der Waals surface area contributed by atoms with Gasteiger partial charge in [0.1, 0.15) is 0 Å². The van der Waals surface area contributed by atoms with E-state index in [0.29, 0.717) is 22.5 Å². The lowest BCUT2D eigenvalue weighted by atomic mass is 9.98. The second-order valence-corrected chi connectivity index (χ2v) is 6.79. The van der Waals surface area contributed by atoms with E-state index in [-0.39, 0.29) is 0 Å². The summed E-state index contributed by atoms with van der Waals surface area (Å²) in [4.78, 5) is 25.5. The fourth-order valence-electron chi connectivity index (χ4n) is 3.34. The molecule has 32 heavy (non-hydrogen) atoms. The molecule has 0 bridgehead atoms. The van der Waals surface area contributed by atoms with Crippen molar-refractivity contribution in [2.24, 2.45) is 26.4 Å². The number of halogens is 1. The van der Waals surface area contributed by atoms with Crippen LogP contribution >= 0.6 is 0 Å². The Labute approximate surface area is 182 Å². The number of nitrogens with zero attached hydrogens (tertiary/aromatic N) is 5. The minimum Gasteiger partial charge on any atom is -0.366 e. The van der Waals surface area contributed by atoms with Crippen LogP contribution in [0.4, 0.5) is 20.6 Å². The van der Waals surface area contributed by atoms with Crippen LogP contribution in [0.1, 0.15) is 22.1 Å². The number of carbonyl (C=O) groups is 2. The second-order valence-electron chi connectivity index (χ2n) is 6.79. The van der Waals surface area contributed by atoms with Gasteiger partial charge in [0, 0.05) is 11.1 Å². The number of nitrogens with two attached hydrogens (primary N) is 1. The number of rotatable bonds is 6. The highest BCUT2D eigenvalue weighted by Gasteiger charge is 2.26. The first kappa shape index (κ1) is 20.8. The normalized spacial score (nSPS) is 12.7. The summed E-state index contributed by atoms with van der Waals surface area (Å²) in [6.45, 7) is -1.02. The molecule has 1 aliphatic rings. The molecule has 10 heteroatoms. The van der Waals surface area contributed by atoms with E-state index in [0.717, 1.165) is 11.1 Å². The number of primary amides is 1. The Hall–Kier alpha value is -4.47. The minimum atomic E-state index is -1.02. The second kappa shape index (κ2) is 9.13. The van der Waals surface area contributed by atoms with Crippen molar-refractivity contribution in [1.82, 2.24) is 5.32 Å². The van der Waals surface area contributed by atoms with Crippen molar-refractivity contribution in [3.63, 3.8) is 0 Å². The van der Waals surface area contributed by atoms with Crippen LogP contribution in [0.2, 0.25) is 0 Å². The van der Waals surface area contributed by atoms with Crippen molar-refractivity contribution >= 4 is 23.3 Å². The molecule has 3 aromatic carbocycles. The van der Waals surface area contributed by atoms with E-state index in [2.05, 4.69) is 26.0 Å². The van der Waals surface area contributed by atoms with Crippen molar-refractivity contribution in [3.05, 3.63) is 83.9 Å². The smallest absolute Gasteiger partial charge is 0.328 e. The summed E-state index contributed by atoms with van der Waals surface area (Å²) in [5.74, 6) is -0.517. The van der Waals surface area contributed by atoms with Gasteiger partial charge in [-0.3, -0.25) is 9.69 Å². The molecule has 0 saturated carbocycles. The SMILES string of the molecule is NC(=O)c1ccc(-c2ccc(N(C(=O)NCF)c3ccccc3)c(C3N=NN=N3)c2)cc1. The molecule has 0 aromatic heterocycles. The number of para-hydroxylation sites is 1. The monoisotopic (exact) mass is 431 g/mol. The number of alkyl halides is 1.